The van der Waals surface area contributed by atoms with Crippen LogP contribution < -0.4 is 10.5 Å². The summed E-state index contributed by atoms with van der Waals surface area (Å²) in [5.74, 6) is 0.121. The third kappa shape index (κ3) is 1.48. The predicted octanol–water partition coefficient (Wildman–Crippen LogP) is 1.65. The van der Waals surface area contributed by atoms with Crippen LogP contribution in [-0.2, 0) is 12.8 Å². The highest BCUT2D eigenvalue weighted by Crippen LogP contribution is 2.31. The Morgan fingerprint density at radius 3 is 3.00 bits per heavy atom. The molecule has 1 aromatic rings. The first-order valence-electron chi connectivity index (χ1n) is 4.82. The van der Waals surface area contributed by atoms with Crippen molar-refractivity contribution in [1.82, 2.24) is 0 Å². The SMILES string of the molecule is COc1c(F)ccc2c1CCC(N)C2. The van der Waals surface area contributed by atoms with Gasteiger partial charge in [0.2, 0.25) is 0 Å². The van der Waals surface area contributed by atoms with Crippen molar-refractivity contribution in [2.75, 3.05) is 7.11 Å². The number of ether oxygens (including phenoxy) is 1. The highest BCUT2D eigenvalue weighted by molar-refractivity contribution is 5.43. The van der Waals surface area contributed by atoms with Gasteiger partial charge in [0, 0.05) is 11.6 Å². The van der Waals surface area contributed by atoms with Gasteiger partial charge in [-0.1, -0.05) is 6.07 Å². The molecule has 0 bridgehead atoms. The first-order valence-corrected chi connectivity index (χ1v) is 4.82. The highest BCUT2D eigenvalue weighted by Gasteiger charge is 2.20. The van der Waals surface area contributed by atoms with Gasteiger partial charge in [0.05, 0.1) is 7.11 Å². The van der Waals surface area contributed by atoms with E-state index in [0.29, 0.717) is 5.75 Å². The van der Waals surface area contributed by atoms with Crippen molar-refractivity contribution in [2.45, 2.75) is 25.3 Å². The lowest BCUT2D eigenvalue weighted by Crippen LogP contribution is -2.28. The van der Waals surface area contributed by atoms with Gasteiger partial charge < -0.3 is 10.5 Å². The molecule has 1 aliphatic rings. The summed E-state index contributed by atoms with van der Waals surface area (Å²) >= 11 is 0. The van der Waals surface area contributed by atoms with E-state index in [-0.39, 0.29) is 11.9 Å². The number of hydrogen-bond donors (Lipinski definition) is 1. The fourth-order valence-electron chi connectivity index (χ4n) is 2.04. The van der Waals surface area contributed by atoms with Crippen LogP contribution in [0.3, 0.4) is 0 Å². The van der Waals surface area contributed by atoms with E-state index in [1.165, 1.54) is 13.2 Å². The average molecular weight is 195 g/mol. The van der Waals surface area contributed by atoms with Crippen molar-refractivity contribution < 1.29 is 9.13 Å². The van der Waals surface area contributed by atoms with Crippen molar-refractivity contribution in [2.24, 2.45) is 5.73 Å². The van der Waals surface area contributed by atoms with E-state index in [2.05, 4.69) is 0 Å². The molecule has 0 spiro atoms. The molecule has 0 radical (unpaired) electrons. The van der Waals surface area contributed by atoms with Gasteiger partial charge in [-0.05, 0) is 30.9 Å². The van der Waals surface area contributed by atoms with Crippen molar-refractivity contribution in [3.63, 3.8) is 0 Å². The van der Waals surface area contributed by atoms with Gasteiger partial charge in [-0.15, -0.1) is 0 Å². The monoisotopic (exact) mass is 195 g/mol. The fraction of sp³-hybridized carbons (Fsp3) is 0.455. The zero-order valence-corrected chi connectivity index (χ0v) is 8.22. The standard InChI is InChI=1S/C11H14FNO/c1-14-11-9-4-3-8(13)6-7(9)2-5-10(11)12/h2,5,8H,3-4,6,13H2,1H3. The van der Waals surface area contributed by atoms with Gasteiger partial charge in [-0.3, -0.25) is 0 Å². The highest BCUT2D eigenvalue weighted by atomic mass is 19.1. The van der Waals surface area contributed by atoms with Gasteiger partial charge in [-0.25, -0.2) is 4.39 Å². The summed E-state index contributed by atoms with van der Waals surface area (Å²) in [4.78, 5) is 0. The number of rotatable bonds is 1. The molecular formula is C11H14FNO. The lowest BCUT2D eigenvalue weighted by atomic mass is 9.88. The summed E-state index contributed by atoms with van der Waals surface area (Å²) in [6.45, 7) is 0. The minimum absolute atomic E-state index is 0.206. The molecule has 1 aliphatic carbocycles. The Kier molecular flexibility index (Phi) is 2.42. The van der Waals surface area contributed by atoms with Gasteiger partial charge in [-0.2, -0.15) is 0 Å². The van der Waals surface area contributed by atoms with Gasteiger partial charge in [0.25, 0.3) is 0 Å². The summed E-state index contributed by atoms with van der Waals surface area (Å²) in [7, 11) is 1.51. The molecule has 0 aromatic heterocycles. The molecule has 2 rings (SSSR count). The van der Waals surface area contributed by atoms with Gasteiger partial charge in [0.1, 0.15) is 0 Å². The van der Waals surface area contributed by atoms with E-state index in [9.17, 15) is 4.39 Å². The molecule has 2 N–H and O–H groups in total. The van der Waals surface area contributed by atoms with Crippen molar-refractivity contribution >= 4 is 0 Å². The summed E-state index contributed by atoms with van der Waals surface area (Å²) in [5.41, 5.74) is 7.97. The van der Waals surface area contributed by atoms with Crippen LogP contribution in [0.5, 0.6) is 5.75 Å². The predicted molar refractivity (Wildman–Crippen MR) is 53.0 cm³/mol. The maximum atomic E-state index is 13.3. The normalized spacial score (nSPS) is 20.4. The number of halogens is 1. The van der Waals surface area contributed by atoms with E-state index in [1.807, 2.05) is 6.07 Å². The Bertz CT molecular complexity index is 351. The first kappa shape index (κ1) is 9.46. The van der Waals surface area contributed by atoms with Crippen LogP contribution in [0.1, 0.15) is 17.5 Å². The van der Waals surface area contributed by atoms with Crippen LogP contribution in [0.15, 0.2) is 12.1 Å². The molecule has 2 nitrogen and oxygen atoms in total. The minimum atomic E-state index is -0.276. The Morgan fingerprint density at radius 1 is 1.50 bits per heavy atom. The quantitative estimate of drug-likeness (QED) is 0.739. The topological polar surface area (TPSA) is 35.2 Å². The molecule has 14 heavy (non-hydrogen) atoms. The molecular weight excluding hydrogens is 181 g/mol. The summed E-state index contributed by atoms with van der Waals surface area (Å²) in [6.07, 6.45) is 2.55. The first-order chi connectivity index (χ1) is 6.72. The van der Waals surface area contributed by atoms with Crippen LogP contribution in [0.25, 0.3) is 0 Å². The third-order valence-corrected chi connectivity index (χ3v) is 2.76. The van der Waals surface area contributed by atoms with E-state index < -0.39 is 0 Å². The molecule has 1 atom stereocenters. The minimum Gasteiger partial charge on any atom is -0.493 e. The Morgan fingerprint density at radius 2 is 2.29 bits per heavy atom. The Labute approximate surface area is 82.9 Å². The zero-order chi connectivity index (χ0) is 10.1. The van der Waals surface area contributed by atoms with Gasteiger partial charge in [0.15, 0.2) is 11.6 Å². The largest absolute Gasteiger partial charge is 0.493 e. The summed E-state index contributed by atoms with van der Waals surface area (Å²) in [5, 5.41) is 0. The van der Waals surface area contributed by atoms with Crippen LogP contribution in [0.2, 0.25) is 0 Å². The summed E-state index contributed by atoms with van der Waals surface area (Å²) < 4.78 is 18.4. The van der Waals surface area contributed by atoms with Crippen molar-refractivity contribution in [3.8, 4) is 5.75 Å². The molecule has 0 saturated heterocycles. The number of fused-ring (bicyclic) bond motifs is 1. The molecule has 1 unspecified atom stereocenters. The molecule has 3 heteroatoms. The van der Waals surface area contributed by atoms with Crippen molar-refractivity contribution in [3.05, 3.63) is 29.1 Å². The smallest absolute Gasteiger partial charge is 0.165 e. The number of methoxy groups -OCH3 is 1. The Balaban J connectivity index is 2.47. The second-order valence-electron chi connectivity index (χ2n) is 3.72. The van der Waals surface area contributed by atoms with Crippen LogP contribution in [0.4, 0.5) is 4.39 Å². The second kappa shape index (κ2) is 3.58. The van der Waals surface area contributed by atoms with E-state index in [4.69, 9.17) is 10.5 Å². The van der Waals surface area contributed by atoms with E-state index in [0.717, 1.165) is 30.4 Å². The second-order valence-corrected chi connectivity index (χ2v) is 3.72. The summed E-state index contributed by atoms with van der Waals surface area (Å²) in [6, 6.07) is 3.47. The van der Waals surface area contributed by atoms with Gasteiger partial charge >= 0.3 is 0 Å². The molecule has 0 saturated carbocycles. The van der Waals surface area contributed by atoms with Crippen molar-refractivity contribution in [1.29, 1.82) is 0 Å². The number of hydrogen-bond acceptors (Lipinski definition) is 2. The third-order valence-electron chi connectivity index (χ3n) is 2.76. The van der Waals surface area contributed by atoms with Crippen LogP contribution in [0, 0.1) is 5.82 Å². The lowest BCUT2D eigenvalue weighted by molar-refractivity contribution is 0.376. The maximum absolute atomic E-state index is 13.3. The van der Waals surface area contributed by atoms with Crippen LogP contribution >= 0.6 is 0 Å². The van der Waals surface area contributed by atoms with E-state index in [1.54, 1.807) is 0 Å². The average Bonchev–Trinajstić information content (AvgIpc) is 2.18. The number of benzene rings is 1. The zero-order valence-electron chi connectivity index (χ0n) is 8.22. The Hall–Kier alpha value is -1.09. The molecule has 0 heterocycles. The number of nitrogens with two attached hydrogens (primary N) is 1. The molecule has 76 valence electrons. The fourth-order valence-corrected chi connectivity index (χ4v) is 2.04. The van der Waals surface area contributed by atoms with E-state index >= 15 is 0 Å². The molecule has 0 fully saturated rings. The molecule has 1 aromatic carbocycles. The maximum Gasteiger partial charge on any atom is 0.165 e. The lowest BCUT2D eigenvalue weighted by Gasteiger charge is -2.23. The molecule has 0 aliphatic heterocycles. The van der Waals surface area contributed by atoms with Crippen LogP contribution in [-0.4, -0.2) is 13.2 Å². The molecule has 0 amide bonds.